The van der Waals surface area contributed by atoms with Crippen molar-refractivity contribution in [2.75, 3.05) is 11.9 Å². The maximum Gasteiger partial charge on any atom is 0.123 e. The second-order valence-corrected chi connectivity index (χ2v) is 5.47. The number of benzene rings is 2. The van der Waals surface area contributed by atoms with Gasteiger partial charge in [0.05, 0.1) is 0 Å². The Kier molecular flexibility index (Phi) is 4.09. The zero-order chi connectivity index (χ0) is 13.6. The van der Waals surface area contributed by atoms with E-state index in [1.54, 1.807) is 11.3 Å². The number of nitrogens with zero attached hydrogens (tertiary/aromatic N) is 1. The largest absolute Gasteiger partial charge is 0.385 e. The molecule has 0 amide bonds. The molecule has 3 heteroatoms. The van der Waals surface area contributed by atoms with Crippen molar-refractivity contribution in [1.29, 1.82) is 0 Å². The van der Waals surface area contributed by atoms with Crippen LogP contribution in [0.1, 0.15) is 5.56 Å². The molecule has 0 aliphatic heterocycles. The molecule has 0 radical (unpaired) electrons. The monoisotopic (exact) mass is 280 g/mol. The maximum atomic E-state index is 4.32. The Labute approximate surface area is 123 Å². The number of aromatic nitrogens is 1. The van der Waals surface area contributed by atoms with E-state index in [1.807, 2.05) is 17.6 Å². The first-order valence-corrected chi connectivity index (χ1v) is 7.57. The standard InChI is InChI=1S/C17H16N2S/c1-2-4-14(5-3-1)10-11-18-16-8-6-15(7-9-16)17-19-12-13-20-17/h1-9,12-13,18H,10-11H2. The van der Waals surface area contributed by atoms with Crippen LogP contribution in [0, 0.1) is 0 Å². The van der Waals surface area contributed by atoms with Crippen molar-refractivity contribution in [1.82, 2.24) is 4.98 Å². The van der Waals surface area contributed by atoms with Crippen LogP contribution >= 0.6 is 11.3 Å². The van der Waals surface area contributed by atoms with Crippen LogP contribution in [0.4, 0.5) is 5.69 Å². The van der Waals surface area contributed by atoms with E-state index in [9.17, 15) is 0 Å². The lowest BCUT2D eigenvalue weighted by Gasteiger charge is -2.07. The van der Waals surface area contributed by atoms with Crippen LogP contribution < -0.4 is 5.32 Å². The highest BCUT2D eigenvalue weighted by Crippen LogP contribution is 2.23. The Hall–Kier alpha value is -2.13. The molecule has 0 saturated heterocycles. The van der Waals surface area contributed by atoms with Gasteiger partial charge in [-0.2, -0.15) is 0 Å². The third kappa shape index (κ3) is 3.25. The average Bonchev–Trinajstić information content (AvgIpc) is 3.03. The predicted octanol–water partition coefficient (Wildman–Crippen LogP) is 4.46. The van der Waals surface area contributed by atoms with Crippen molar-refractivity contribution in [3.8, 4) is 10.6 Å². The molecule has 1 heterocycles. The molecule has 2 aromatic carbocycles. The van der Waals surface area contributed by atoms with Crippen molar-refractivity contribution >= 4 is 17.0 Å². The van der Waals surface area contributed by atoms with Gasteiger partial charge in [-0.15, -0.1) is 11.3 Å². The highest BCUT2D eigenvalue weighted by atomic mass is 32.1. The van der Waals surface area contributed by atoms with Crippen LogP contribution in [0.3, 0.4) is 0 Å². The Morgan fingerprint density at radius 3 is 2.45 bits per heavy atom. The molecule has 0 spiro atoms. The molecule has 100 valence electrons. The lowest BCUT2D eigenvalue weighted by atomic mass is 10.1. The third-order valence-corrected chi connectivity index (χ3v) is 3.97. The molecule has 0 atom stereocenters. The van der Waals surface area contributed by atoms with E-state index >= 15 is 0 Å². The number of rotatable bonds is 5. The fourth-order valence-electron chi connectivity index (χ4n) is 2.09. The van der Waals surface area contributed by atoms with Gasteiger partial charge in [-0.25, -0.2) is 4.98 Å². The average molecular weight is 280 g/mol. The molecule has 0 unspecified atom stereocenters. The fourth-order valence-corrected chi connectivity index (χ4v) is 2.74. The van der Waals surface area contributed by atoms with Crippen LogP contribution in [-0.4, -0.2) is 11.5 Å². The smallest absolute Gasteiger partial charge is 0.123 e. The summed E-state index contributed by atoms with van der Waals surface area (Å²) in [5.74, 6) is 0. The fraction of sp³-hybridized carbons (Fsp3) is 0.118. The summed E-state index contributed by atoms with van der Waals surface area (Å²) in [7, 11) is 0. The number of hydrogen-bond donors (Lipinski definition) is 1. The quantitative estimate of drug-likeness (QED) is 0.746. The summed E-state index contributed by atoms with van der Waals surface area (Å²) in [6.45, 7) is 0.945. The van der Waals surface area contributed by atoms with E-state index in [4.69, 9.17) is 0 Å². The number of anilines is 1. The summed E-state index contributed by atoms with van der Waals surface area (Å²) in [6.07, 6.45) is 2.88. The summed E-state index contributed by atoms with van der Waals surface area (Å²) in [4.78, 5) is 4.32. The first-order valence-electron chi connectivity index (χ1n) is 6.69. The van der Waals surface area contributed by atoms with E-state index in [0.717, 1.165) is 23.7 Å². The van der Waals surface area contributed by atoms with E-state index in [0.29, 0.717) is 0 Å². The van der Waals surface area contributed by atoms with Gasteiger partial charge in [0.25, 0.3) is 0 Å². The molecule has 3 aromatic rings. The zero-order valence-electron chi connectivity index (χ0n) is 11.1. The molecule has 1 aromatic heterocycles. The van der Waals surface area contributed by atoms with Gasteiger partial charge in [-0.1, -0.05) is 30.3 Å². The molecule has 0 saturated carbocycles. The molecule has 1 N–H and O–H groups in total. The Morgan fingerprint density at radius 1 is 0.950 bits per heavy atom. The summed E-state index contributed by atoms with van der Waals surface area (Å²) in [6, 6.07) is 19.0. The lowest BCUT2D eigenvalue weighted by molar-refractivity contribution is 1.02. The highest BCUT2D eigenvalue weighted by molar-refractivity contribution is 7.13. The normalized spacial score (nSPS) is 10.4. The minimum atomic E-state index is 0.945. The van der Waals surface area contributed by atoms with E-state index in [1.165, 1.54) is 11.1 Å². The number of hydrogen-bond acceptors (Lipinski definition) is 3. The molecule has 0 bridgehead atoms. The van der Waals surface area contributed by atoms with Crippen LogP contribution in [0.15, 0.2) is 66.2 Å². The molecular formula is C17H16N2S. The van der Waals surface area contributed by atoms with Gasteiger partial charge in [0.1, 0.15) is 5.01 Å². The molecule has 0 aliphatic carbocycles. The van der Waals surface area contributed by atoms with Gasteiger partial charge in [-0.05, 0) is 36.2 Å². The Balaban J connectivity index is 1.56. The van der Waals surface area contributed by atoms with E-state index in [2.05, 4.69) is 58.8 Å². The van der Waals surface area contributed by atoms with Crippen molar-refractivity contribution < 1.29 is 0 Å². The summed E-state index contributed by atoms with van der Waals surface area (Å²) >= 11 is 1.67. The molecule has 0 fully saturated rings. The van der Waals surface area contributed by atoms with Gasteiger partial charge in [0, 0.05) is 29.4 Å². The molecule has 20 heavy (non-hydrogen) atoms. The molecular weight excluding hydrogens is 264 g/mol. The molecule has 2 nitrogen and oxygen atoms in total. The van der Waals surface area contributed by atoms with Gasteiger partial charge in [0.2, 0.25) is 0 Å². The second kappa shape index (κ2) is 6.35. The zero-order valence-corrected chi connectivity index (χ0v) is 11.9. The Morgan fingerprint density at radius 2 is 1.75 bits per heavy atom. The summed E-state index contributed by atoms with van der Waals surface area (Å²) < 4.78 is 0. The maximum absolute atomic E-state index is 4.32. The van der Waals surface area contributed by atoms with Gasteiger partial charge >= 0.3 is 0 Å². The van der Waals surface area contributed by atoms with Crippen LogP contribution in [0.2, 0.25) is 0 Å². The van der Waals surface area contributed by atoms with Crippen LogP contribution in [0.5, 0.6) is 0 Å². The number of nitrogens with one attached hydrogen (secondary N) is 1. The minimum absolute atomic E-state index is 0.945. The predicted molar refractivity (Wildman–Crippen MR) is 86.2 cm³/mol. The van der Waals surface area contributed by atoms with Gasteiger partial charge in [0.15, 0.2) is 0 Å². The van der Waals surface area contributed by atoms with Crippen molar-refractivity contribution in [2.45, 2.75) is 6.42 Å². The second-order valence-electron chi connectivity index (χ2n) is 4.58. The molecule has 3 rings (SSSR count). The van der Waals surface area contributed by atoms with E-state index in [-0.39, 0.29) is 0 Å². The summed E-state index contributed by atoms with van der Waals surface area (Å²) in [5.41, 5.74) is 3.69. The third-order valence-electron chi connectivity index (χ3n) is 3.15. The van der Waals surface area contributed by atoms with Gasteiger partial charge in [-0.3, -0.25) is 0 Å². The van der Waals surface area contributed by atoms with E-state index < -0.39 is 0 Å². The first kappa shape index (κ1) is 12.9. The highest BCUT2D eigenvalue weighted by Gasteiger charge is 2.00. The van der Waals surface area contributed by atoms with Gasteiger partial charge < -0.3 is 5.32 Å². The van der Waals surface area contributed by atoms with Crippen LogP contribution in [-0.2, 0) is 6.42 Å². The minimum Gasteiger partial charge on any atom is -0.385 e. The van der Waals surface area contributed by atoms with Crippen molar-refractivity contribution in [2.24, 2.45) is 0 Å². The van der Waals surface area contributed by atoms with Crippen molar-refractivity contribution in [3.63, 3.8) is 0 Å². The Bertz CT molecular complexity index is 631. The van der Waals surface area contributed by atoms with Crippen molar-refractivity contribution in [3.05, 3.63) is 71.7 Å². The number of thiazole rings is 1. The topological polar surface area (TPSA) is 24.9 Å². The molecule has 0 aliphatic rings. The van der Waals surface area contributed by atoms with Crippen LogP contribution in [0.25, 0.3) is 10.6 Å². The summed E-state index contributed by atoms with van der Waals surface area (Å²) in [5, 5.41) is 6.52. The lowest BCUT2D eigenvalue weighted by Crippen LogP contribution is -2.04. The SMILES string of the molecule is c1ccc(CCNc2ccc(-c3nccs3)cc2)cc1. The first-order chi connectivity index (χ1) is 9.92.